The second-order valence-electron chi connectivity index (χ2n) is 20.6. The zero-order valence-electron chi connectivity index (χ0n) is 49.3. The maximum atomic E-state index is 13.1. The molecule has 0 amide bonds. The van der Waals surface area contributed by atoms with Gasteiger partial charge < -0.3 is 39.0 Å². The van der Waals surface area contributed by atoms with Gasteiger partial charge in [-0.15, -0.1) is 0 Å². The molecule has 12 nitrogen and oxygen atoms in total. The number of carbonyl (C=O) groups is 4. The number of hydrogen-bond acceptors (Lipinski definition) is 11. The summed E-state index contributed by atoms with van der Waals surface area (Å²) in [6, 6.07) is 0. The molecule has 1 heterocycles. The van der Waals surface area contributed by atoms with Gasteiger partial charge in [0.15, 0.2) is 24.6 Å². The first-order chi connectivity index (χ1) is 38.6. The molecule has 0 bridgehead atoms. The third-order valence-corrected chi connectivity index (χ3v) is 13.3. The zero-order chi connectivity index (χ0) is 57.5. The molecule has 6 atom stereocenters. The molecule has 79 heavy (non-hydrogen) atoms. The number of carbonyl (C=O) groups excluding carboxylic acids is 3. The summed E-state index contributed by atoms with van der Waals surface area (Å²) in [7, 11) is 0. The van der Waals surface area contributed by atoms with E-state index in [2.05, 4.69) is 130 Å². The van der Waals surface area contributed by atoms with Gasteiger partial charge in [0, 0.05) is 19.3 Å². The number of rotatable bonds is 51. The molecule has 1 fully saturated rings. The van der Waals surface area contributed by atoms with Crippen molar-refractivity contribution in [3.8, 4) is 0 Å². The van der Waals surface area contributed by atoms with Gasteiger partial charge in [-0.3, -0.25) is 14.4 Å². The first-order valence-corrected chi connectivity index (χ1v) is 30.9. The summed E-state index contributed by atoms with van der Waals surface area (Å²) in [6.07, 6.45) is 60.5. The Morgan fingerprint density at radius 2 is 0.797 bits per heavy atom. The van der Waals surface area contributed by atoms with Gasteiger partial charge in [0.1, 0.15) is 18.8 Å². The van der Waals surface area contributed by atoms with Crippen molar-refractivity contribution in [3.63, 3.8) is 0 Å². The predicted molar refractivity (Wildman–Crippen MR) is 321 cm³/mol. The average Bonchev–Trinajstić information content (AvgIpc) is 3.47. The quantitative estimate of drug-likeness (QED) is 0.0228. The van der Waals surface area contributed by atoms with Crippen LogP contribution in [-0.2, 0) is 42.9 Å². The summed E-state index contributed by atoms with van der Waals surface area (Å²) in [5.41, 5.74) is 0. The number of allylic oxidation sites excluding steroid dienone is 18. The molecule has 3 N–H and O–H groups in total. The van der Waals surface area contributed by atoms with Gasteiger partial charge in [-0.25, -0.2) is 4.79 Å². The maximum absolute atomic E-state index is 13.1. The van der Waals surface area contributed by atoms with E-state index >= 15 is 0 Å². The van der Waals surface area contributed by atoms with Crippen LogP contribution < -0.4 is 0 Å². The fourth-order valence-electron chi connectivity index (χ4n) is 8.64. The Morgan fingerprint density at radius 1 is 0.430 bits per heavy atom. The van der Waals surface area contributed by atoms with Crippen LogP contribution in [0.2, 0.25) is 0 Å². The molecule has 0 aromatic heterocycles. The Kier molecular flexibility index (Phi) is 49.5. The van der Waals surface area contributed by atoms with Crippen molar-refractivity contribution in [1.29, 1.82) is 0 Å². The number of unbranched alkanes of at least 4 members (excludes halogenated alkanes) is 19. The van der Waals surface area contributed by atoms with Crippen LogP contribution in [0.3, 0.4) is 0 Å². The number of aliphatic carboxylic acids is 1. The standard InChI is InChI=1S/C67H108O12/c1-4-7-10-13-16-19-22-25-27-29-30-32-34-37-40-43-46-49-52-55-61(70)78-65-63(72)62(71)64(66(73)74)79-67(65)76-57-58(77-60(69)54-51-48-45-42-39-35-24-21-18-15-12-9-6-3)56-75-59(68)53-50-47-44-41-38-36-33-31-28-26-23-20-17-14-11-8-5-2/h8-9,11-12,16-21,25-28,30,32,35,39,58,62-65,67,71-72H,4-7,10,13-15,22-24,29,31,33-34,36-38,40-57H2,1-3H3,(H,73,74)/b11-8-,12-9-,19-16-,20-17-,21-18-,27-25-,28-26-,32-30-,39-35-. The third kappa shape index (κ3) is 43.8. The molecule has 0 spiro atoms. The summed E-state index contributed by atoms with van der Waals surface area (Å²) in [5, 5.41) is 31.5. The van der Waals surface area contributed by atoms with Gasteiger partial charge in [-0.05, 0) is 122 Å². The predicted octanol–water partition coefficient (Wildman–Crippen LogP) is 16.2. The van der Waals surface area contributed by atoms with E-state index in [0.717, 1.165) is 154 Å². The molecule has 1 aliphatic heterocycles. The molecule has 1 aliphatic rings. The van der Waals surface area contributed by atoms with E-state index in [1.165, 1.54) is 25.7 Å². The third-order valence-electron chi connectivity index (χ3n) is 13.3. The lowest BCUT2D eigenvalue weighted by molar-refractivity contribution is -0.301. The maximum Gasteiger partial charge on any atom is 0.335 e. The molecule has 0 aromatic rings. The zero-order valence-corrected chi connectivity index (χ0v) is 49.3. The molecular formula is C67H108O12. The van der Waals surface area contributed by atoms with E-state index in [4.69, 9.17) is 23.7 Å². The molecule has 0 saturated carbocycles. The van der Waals surface area contributed by atoms with Crippen molar-refractivity contribution in [2.24, 2.45) is 0 Å². The van der Waals surface area contributed by atoms with Crippen molar-refractivity contribution < 1.29 is 58.2 Å². The Morgan fingerprint density at radius 3 is 1.23 bits per heavy atom. The molecule has 1 rings (SSSR count). The van der Waals surface area contributed by atoms with E-state index in [0.29, 0.717) is 19.3 Å². The number of esters is 3. The van der Waals surface area contributed by atoms with E-state index in [-0.39, 0.29) is 25.9 Å². The normalized spacial score (nSPS) is 18.6. The minimum Gasteiger partial charge on any atom is -0.479 e. The Hall–Kier alpha value is -4.62. The van der Waals surface area contributed by atoms with Crippen molar-refractivity contribution in [2.75, 3.05) is 13.2 Å². The largest absolute Gasteiger partial charge is 0.479 e. The van der Waals surface area contributed by atoms with Gasteiger partial charge in [-0.1, -0.05) is 207 Å². The molecule has 6 unspecified atom stereocenters. The Labute approximate surface area is 478 Å². The van der Waals surface area contributed by atoms with E-state index in [1.807, 2.05) is 0 Å². The molecule has 0 aromatic carbocycles. The molecule has 0 aliphatic carbocycles. The smallest absolute Gasteiger partial charge is 0.335 e. The van der Waals surface area contributed by atoms with E-state index in [1.54, 1.807) is 0 Å². The van der Waals surface area contributed by atoms with E-state index < -0.39 is 67.3 Å². The van der Waals surface area contributed by atoms with Gasteiger partial charge >= 0.3 is 23.9 Å². The van der Waals surface area contributed by atoms with Crippen LogP contribution in [0.4, 0.5) is 0 Å². The Balaban J connectivity index is 2.69. The number of hydrogen-bond donors (Lipinski definition) is 3. The van der Waals surface area contributed by atoms with Crippen LogP contribution in [0.25, 0.3) is 0 Å². The minimum atomic E-state index is -1.92. The first-order valence-electron chi connectivity index (χ1n) is 30.9. The van der Waals surface area contributed by atoms with Crippen molar-refractivity contribution in [3.05, 3.63) is 109 Å². The highest BCUT2D eigenvalue weighted by Crippen LogP contribution is 2.26. The lowest BCUT2D eigenvalue weighted by Gasteiger charge is -2.40. The van der Waals surface area contributed by atoms with Crippen LogP contribution >= 0.6 is 0 Å². The molecule has 1 saturated heterocycles. The fourth-order valence-corrected chi connectivity index (χ4v) is 8.64. The summed E-state index contributed by atoms with van der Waals surface area (Å²) < 4.78 is 28.4. The monoisotopic (exact) mass is 1100 g/mol. The molecular weight excluding hydrogens is 997 g/mol. The Bertz CT molecular complexity index is 1790. The van der Waals surface area contributed by atoms with Crippen molar-refractivity contribution >= 4 is 23.9 Å². The summed E-state index contributed by atoms with van der Waals surface area (Å²) in [4.78, 5) is 51.2. The van der Waals surface area contributed by atoms with Crippen molar-refractivity contribution in [1.82, 2.24) is 0 Å². The van der Waals surface area contributed by atoms with Gasteiger partial charge in [-0.2, -0.15) is 0 Å². The number of ether oxygens (including phenoxy) is 5. The van der Waals surface area contributed by atoms with Crippen LogP contribution in [0, 0.1) is 0 Å². The van der Waals surface area contributed by atoms with Gasteiger partial charge in [0.2, 0.25) is 0 Å². The highest BCUT2D eigenvalue weighted by molar-refractivity contribution is 5.74. The van der Waals surface area contributed by atoms with E-state index in [9.17, 15) is 34.5 Å². The van der Waals surface area contributed by atoms with Crippen LogP contribution in [0.1, 0.15) is 239 Å². The van der Waals surface area contributed by atoms with Gasteiger partial charge in [0.25, 0.3) is 0 Å². The molecule has 12 heteroatoms. The van der Waals surface area contributed by atoms with Gasteiger partial charge in [0.05, 0.1) is 6.61 Å². The minimum absolute atomic E-state index is 0.0363. The SMILES string of the molecule is CC/C=C\C/C=C\C/C=C\CCCCCCCCCC(=O)OCC(COC1OC(C(=O)O)C(O)C(O)C1OC(=O)CCCCCCCC/C=C\C/C=C\C/C=C\CCCCC)OC(=O)CCCCC/C=C\C/C=C\C/C=C\CC. The average molecular weight is 1110 g/mol. The molecule has 448 valence electrons. The summed E-state index contributed by atoms with van der Waals surface area (Å²) >= 11 is 0. The van der Waals surface area contributed by atoms with Crippen LogP contribution in [-0.4, -0.2) is 89.2 Å². The van der Waals surface area contributed by atoms with Crippen LogP contribution in [0.5, 0.6) is 0 Å². The number of carboxylic acid groups (broad SMARTS) is 1. The second-order valence-corrected chi connectivity index (χ2v) is 20.6. The molecule has 0 radical (unpaired) electrons. The number of aliphatic hydroxyl groups excluding tert-OH is 2. The number of carboxylic acids is 1. The first kappa shape index (κ1) is 72.4. The van der Waals surface area contributed by atoms with Crippen molar-refractivity contribution in [2.45, 2.75) is 276 Å². The summed E-state index contributed by atoms with van der Waals surface area (Å²) in [6.45, 7) is 5.70. The second kappa shape index (κ2) is 54.0. The topological polar surface area (TPSA) is 175 Å². The lowest BCUT2D eigenvalue weighted by atomic mass is 9.98. The lowest BCUT2D eigenvalue weighted by Crippen LogP contribution is -2.61. The highest BCUT2D eigenvalue weighted by Gasteiger charge is 2.50. The van der Waals surface area contributed by atoms with Crippen LogP contribution in [0.15, 0.2) is 109 Å². The number of aliphatic hydroxyl groups is 2. The fraction of sp³-hybridized carbons (Fsp3) is 0.672. The highest BCUT2D eigenvalue weighted by atomic mass is 16.7. The summed E-state index contributed by atoms with van der Waals surface area (Å²) in [5.74, 6) is -3.20.